The van der Waals surface area contributed by atoms with Crippen molar-refractivity contribution in [2.24, 2.45) is 0 Å². The summed E-state index contributed by atoms with van der Waals surface area (Å²) in [4.78, 5) is 27.6. The lowest BCUT2D eigenvalue weighted by Gasteiger charge is -2.30. The molecule has 0 aromatic heterocycles. The first kappa shape index (κ1) is 24.0. The molecule has 3 N–H and O–H groups in total. The molecule has 3 aromatic carbocycles. The molecule has 3 aromatic rings. The molecule has 1 heterocycles. The minimum absolute atomic E-state index is 0.0603. The van der Waals surface area contributed by atoms with Gasteiger partial charge in [0.2, 0.25) is 0 Å². The van der Waals surface area contributed by atoms with Gasteiger partial charge in [0, 0.05) is 25.2 Å². The normalized spacial score (nSPS) is 13.1. The third kappa shape index (κ3) is 6.27. The van der Waals surface area contributed by atoms with E-state index in [1.54, 1.807) is 37.4 Å². The fourth-order valence-electron chi connectivity index (χ4n) is 3.76. The molecule has 0 saturated carbocycles. The lowest BCUT2D eigenvalue weighted by Crippen LogP contribution is -2.37. The van der Waals surface area contributed by atoms with Crippen LogP contribution in [0.1, 0.15) is 15.9 Å². The number of para-hydroxylation sites is 1. The summed E-state index contributed by atoms with van der Waals surface area (Å²) >= 11 is 0. The topological polar surface area (TPSA) is 91.9 Å². The van der Waals surface area contributed by atoms with Gasteiger partial charge in [0.1, 0.15) is 11.6 Å². The summed E-state index contributed by atoms with van der Waals surface area (Å²) in [6.45, 7) is 2.72. The summed E-state index contributed by atoms with van der Waals surface area (Å²) in [6, 6.07) is 17.9. The Hall–Kier alpha value is -4.11. The predicted octanol–water partition coefficient (Wildman–Crippen LogP) is 4.24. The van der Waals surface area contributed by atoms with Crippen molar-refractivity contribution in [1.29, 1.82) is 0 Å². The summed E-state index contributed by atoms with van der Waals surface area (Å²) in [5.41, 5.74) is 2.53. The van der Waals surface area contributed by atoms with Crippen LogP contribution in [-0.2, 0) is 11.3 Å². The monoisotopic (exact) mass is 478 g/mol. The van der Waals surface area contributed by atoms with E-state index in [4.69, 9.17) is 9.47 Å². The molecule has 9 heteroatoms. The Labute approximate surface area is 203 Å². The number of methoxy groups -OCH3 is 1. The summed E-state index contributed by atoms with van der Waals surface area (Å²) in [5, 5.41) is 8.17. The largest absolute Gasteiger partial charge is 0.497 e. The molecule has 1 aliphatic rings. The van der Waals surface area contributed by atoms with Crippen molar-refractivity contribution in [2.45, 2.75) is 6.54 Å². The molecule has 0 aliphatic carbocycles. The number of anilines is 3. The number of carbonyl (C=O) groups is 2. The minimum atomic E-state index is -0.612. The Kier molecular flexibility index (Phi) is 7.79. The van der Waals surface area contributed by atoms with Crippen molar-refractivity contribution in [1.82, 2.24) is 5.32 Å². The SMILES string of the molecule is COc1cccc(CNC(=O)c2ccc(N3CCOCC3)c(NC(=O)Nc3ccccc3F)c2)c1. The van der Waals surface area contributed by atoms with Crippen molar-refractivity contribution >= 4 is 29.0 Å². The third-order valence-electron chi connectivity index (χ3n) is 5.57. The van der Waals surface area contributed by atoms with E-state index in [-0.39, 0.29) is 11.6 Å². The second kappa shape index (κ2) is 11.3. The molecule has 0 bridgehead atoms. The maximum absolute atomic E-state index is 14.0. The fourth-order valence-corrected chi connectivity index (χ4v) is 3.76. The fraction of sp³-hybridized carbons (Fsp3) is 0.231. The first-order chi connectivity index (χ1) is 17.0. The molecule has 1 fully saturated rings. The Balaban J connectivity index is 1.52. The Morgan fingerprint density at radius 1 is 0.971 bits per heavy atom. The smallest absolute Gasteiger partial charge is 0.323 e. The van der Waals surface area contributed by atoms with Gasteiger partial charge in [0.05, 0.1) is 37.4 Å². The van der Waals surface area contributed by atoms with Crippen LogP contribution in [0.15, 0.2) is 66.7 Å². The summed E-state index contributed by atoms with van der Waals surface area (Å²) in [5.74, 6) is -0.125. The molecule has 35 heavy (non-hydrogen) atoms. The van der Waals surface area contributed by atoms with Gasteiger partial charge in [-0.3, -0.25) is 4.79 Å². The number of nitrogens with one attached hydrogen (secondary N) is 3. The number of urea groups is 1. The molecular weight excluding hydrogens is 451 g/mol. The van der Waals surface area contributed by atoms with E-state index in [9.17, 15) is 14.0 Å². The molecule has 8 nitrogen and oxygen atoms in total. The van der Waals surface area contributed by atoms with Gasteiger partial charge in [0.25, 0.3) is 5.91 Å². The summed E-state index contributed by atoms with van der Waals surface area (Å²) < 4.78 is 24.6. The van der Waals surface area contributed by atoms with Crippen molar-refractivity contribution in [3.8, 4) is 5.75 Å². The van der Waals surface area contributed by atoms with Gasteiger partial charge in [-0.15, -0.1) is 0 Å². The van der Waals surface area contributed by atoms with Crippen molar-refractivity contribution < 1.29 is 23.5 Å². The second-order valence-corrected chi connectivity index (χ2v) is 7.92. The molecule has 0 unspecified atom stereocenters. The molecule has 3 amide bonds. The van der Waals surface area contributed by atoms with Crippen LogP contribution in [0.3, 0.4) is 0 Å². The molecule has 0 spiro atoms. The molecule has 1 saturated heterocycles. The average molecular weight is 479 g/mol. The van der Waals surface area contributed by atoms with Crippen molar-refractivity contribution in [3.05, 3.63) is 83.7 Å². The highest BCUT2D eigenvalue weighted by atomic mass is 19.1. The van der Waals surface area contributed by atoms with E-state index in [2.05, 4.69) is 20.9 Å². The highest BCUT2D eigenvalue weighted by molar-refractivity contribution is 6.04. The number of rotatable bonds is 7. The lowest BCUT2D eigenvalue weighted by atomic mass is 10.1. The second-order valence-electron chi connectivity index (χ2n) is 7.92. The van der Waals surface area contributed by atoms with Gasteiger partial charge in [-0.25, -0.2) is 9.18 Å². The Bertz CT molecular complexity index is 1200. The highest BCUT2D eigenvalue weighted by Gasteiger charge is 2.19. The molecule has 0 atom stereocenters. The van der Waals surface area contributed by atoms with Crippen LogP contribution >= 0.6 is 0 Å². The van der Waals surface area contributed by atoms with E-state index < -0.39 is 11.8 Å². The molecule has 4 rings (SSSR count). The van der Waals surface area contributed by atoms with Crippen LogP contribution in [0.2, 0.25) is 0 Å². The number of hydrogen-bond donors (Lipinski definition) is 3. The van der Waals surface area contributed by atoms with Gasteiger partial charge in [-0.05, 0) is 48.0 Å². The zero-order valence-corrected chi connectivity index (χ0v) is 19.3. The Morgan fingerprint density at radius 2 is 1.74 bits per heavy atom. The van der Waals surface area contributed by atoms with Crippen LogP contribution in [0.4, 0.5) is 26.2 Å². The van der Waals surface area contributed by atoms with E-state index in [1.165, 1.54) is 12.1 Å². The van der Waals surface area contributed by atoms with Crippen LogP contribution in [-0.4, -0.2) is 45.4 Å². The van der Waals surface area contributed by atoms with E-state index in [0.29, 0.717) is 49.8 Å². The number of amides is 3. The zero-order chi connectivity index (χ0) is 24.6. The zero-order valence-electron chi connectivity index (χ0n) is 19.3. The van der Waals surface area contributed by atoms with Crippen molar-refractivity contribution in [3.63, 3.8) is 0 Å². The highest BCUT2D eigenvalue weighted by Crippen LogP contribution is 2.29. The van der Waals surface area contributed by atoms with Crippen LogP contribution < -0.4 is 25.6 Å². The average Bonchev–Trinajstić information content (AvgIpc) is 2.89. The van der Waals surface area contributed by atoms with Gasteiger partial charge < -0.3 is 30.3 Å². The van der Waals surface area contributed by atoms with Crippen LogP contribution in [0.25, 0.3) is 0 Å². The predicted molar refractivity (Wildman–Crippen MR) is 133 cm³/mol. The Morgan fingerprint density at radius 3 is 2.51 bits per heavy atom. The number of hydrogen-bond acceptors (Lipinski definition) is 5. The number of ether oxygens (including phenoxy) is 2. The third-order valence-corrected chi connectivity index (χ3v) is 5.57. The molecular formula is C26H27FN4O4. The van der Waals surface area contributed by atoms with Gasteiger partial charge in [0.15, 0.2) is 0 Å². The van der Waals surface area contributed by atoms with Gasteiger partial charge in [-0.1, -0.05) is 24.3 Å². The van der Waals surface area contributed by atoms with Gasteiger partial charge in [-0.2, -0.15) is 0 Å². The standard InChI is InChI=1S/C26H27FN4O4/c1-34-20-6-4-5-18(15-20)17-28-25(32)19-9-10-24(31-11-13-35-14-12-31)23(16-19)30-26(33)29-22-8-3-2-7-21(22)27/h2-10,15-16H,11-14,17H2,1H3,(H,28,32)(H2,29,30,33). The number of carbonyl (C=O) groups excluding carboxylic acids is 2. The van der Waals surface area contributed by atoms with Crippen LogP contribution in [0, 0.1) is 5.82 Å². The first-order valence-corrected chi connectivity index (χ1v) is 11.2. The first-order valence-electron chi connectivity index (χ1n) is 11.2. The minimum Gasteiger partial charge on any atom is -0.497 e. The lowest BCUT2D eigenvalue weighted by molar-refractivity contribution is 0.0950. The van der Waals surface area contributed by atoms with Gasteiger partial charge >= 0.3 is 6.03 Å². The molecule has 1 aliphatic heterocycles. The molecule has 182 valence electrons. The van der Waals surface area contributed by atoms with Crippen LogP contribution in [0.5, 0.6) is 5.75 Å². The number of morpholine rings is 1. The maximum atomic E-state index is 14.0. The maximum Gasteiger partial charge on any atom is 0.323 e. The number of nitrogens with zero attached hydrogens (tertiary/aromatic N) is 1. The number of halogens is 1. The quantitative estimate of drug-likeness (QED) is 0.472. The van der Waals surface area contributed by atoms with E-state index in [1.807, 2.05) is 24.3 Å². The molecule has 0 radical (unpaired) electrons. The van der Waals surface area contributed by atoms with Crippen molar-refractivity contribution in [2.75, 3.05) is 48.9 Å². The van der Waals surface area contributed by atoms with E-state index >= 15 is 0 Å². The summed E-state index contributed by atoms with van der Waals surface area (Å²) in [7, 11) is 1.59. The number of benzene rings is 3. The summed E-state index contributed by atoms with van der Waals surface area (Å²) in [6.07, 6.45) is 0. The van der Waals surface area contributed by atoms with E-state index in [0.717, 1.165) is 11.3 Å².